The zero-order chi connectivity index (χ0) is 13.7. The predicted molar refractivity (Wildman–Crippen MR) is 75.2 cm³/mol. The first-order chi connectivity index (χ1) is 9.20. The first kappa shape index (κ1) is 13.8. The van der Waals surface area contributed by atoms with Crippen LogP contribution >= 0.6 is 0 Å². The Kier molecular flexibility index (Phi) is 4.77. The molecule has 2 atom stereocenters. The quantitative estimate of drug-likeness (QED) is 0.671. The molecule has 1 aromatic rings. The number of aromatic nitrogens is 1. The van der Waals surface area contributed by atoms with E-state index >= 15 is 0 Å². The molecule has 104 valence electrons. The third kappa shape index (κ3) is 3.69. The molecule has 1 saturated carbocycles. The van der Waals surface area contributed by atoms with E-state index in [-0.39, 0.29) is 5.97 Å². The molecule has 1 aromatic heterocycles. The molecule has 0 radical (unpaired) electrons. The fourth-order valence-electron chi connectivity index (χ4n) is 2.65. The Morgan fingerprint density at radius 2 is 2.16 bits per heavy atom. The van der Waals surface area contributed by atoms with E-state index in [9.17, 15) is 4.79 Å². The van der Waals surface area contributed by atoms with Crippen LogP contribution in [0.3, 0.4) is 0 Å². The van der Waals surface area contributed by atoms with Crippen molar-refractivity contribution in [1.29, 1.82) is 0 Å². The van der Waals surface area contributed by atoms with Crippen LogP contribution in [-0.4, -0.2) is 24.1 Å². The van der Waals surface area contributed by atoms with Crippen LogP contribution in [0.25, 0.3) is 0 Å². The van der Waals surface area contributed by atoms with Crippen LogP contribution in [0.1, 0.15) is 49.4 Å². The van der Waals surface area contributed by atoms with Crippen molar-refractivity contribution in [3.05, 3.63) is 23.9 Å². The van der Waals surface area contributed by atoms with Gasteiger partial charge in [0, 0.05) is 12.2 Å². The summed E-state index contributed by atoms with van der Waals surface area (Å²) in [6, 6.07) is 3.89. The molecule has 19 heavy (non-hydrogen) atoms. The molecule has 2 rings (SSSR count). The molecule has 0 amide bonds. The molecule has 1 fully saturated rings. The van der Waals surface area contributed by atoms with Gasteiger partial charge in [-0.3, -0.25) is 0 Å². The summed E-state index contributed by atoms with van der Waals surface area (Å²) in [5, 5.41) is 3.47. The highest BCUT2D eigenvalue weighted by molar-refractivity contribution is 5.89. The molecule has 4 nitrogen and oxygen atoms in total. The lowest BCUT2D eigenvalue weighted by Gasteiger charge is -2.23. The van der Waals surface area contributed by atoms with E-state index in [0.717, 1.165) is 5.82 Å². The summed E-state index contributed by atoms with van der Waals surface area (Å²) in [6.07, 6.45) is 7.97. The maximum absolute atomic E-state index is 11.5. The maximum Gasteiger partial charge on any atom is 0.338 e. The Morgan fingerprint density at radius 1 is 1.37 bits per heavy atom. The minimum Gasteiger partial charge on any atom is -0.465 e. The van der Waals surface area contributed by atoms with Gasteiger partial charge in [0.05, 0.1) is 12.7 Å². The van der Waals surface area contributed by atoms with E-state index in [1.807, 2.05) is 0 Å². The number of carbonyl (C=O) groups excluding carboxylic acids is 1. The second kappa shape index (κ2) is 6.55. The number of rotatable bonds is 3. The van der Waals surface area contributed by atoms with Crippen molar-refractivity contribution in [2.75, 3.05) is 12.4 Å². The lowest BCUT2D eigenvalue weighted by Crippen LogP contribution is -2.26. The van der Waals surface area contributed by atoms with Gasteiger partial charge in [0.15, 0.2) is 0 Å². The van der Waals surface area contributed by atoms with Crippen LogP contribution in [0.2, 0.25) is 0 Å². The summed E-state index contributed by atoms with van der Waals surface area (Å²) in [7, 11) is 1.39. The summed E-state index contributed by atoms with van der Waals surface area (Å²) >= 11 is 0. The summed E-state index contributed by atoms with van der Waals surface area (Å²) in [5.41, 5.74) is 0.543. The van der Waals surface area contributed by atoms with Crippen molar-refractivity contribution in [3.8, 4) is 0 Å². The fourth-order valence-corrected chi connectivity index (χ4v) is 2.65. The van der Waals surface area contributed by atoms with Crippen molar-refractivity contribution in [1.82, 2.24) is 4.98 Å². The number of nitrogens with zero attached hydrogens (tertiary/aromatic N) is 1. The highest BCUT2D eigenvalue weighted by atomic mass is 16.5. The minimum absolute atomic E-state index is 0.320. The Labute approximate surface area is 114 Å². The standard InChI is InChI=1S/C15H22N2O2/c1-11-6-4-3-5-7-13(11)17-14-10-12(8-9-16-14)15(18)19-2/h8-11,13H,3-7H2,1-2H3,(H,16,17). The molecule has 1 aliphatic carbocycles. The van der Waals surface area contributed by atoms with Gasteiger partial charge < -0.3 is 10.1 Å². The Balaban J connectivity index is 2.07. The van der Waals surface area contributed by atoms with Crippen molar-refractivity contribution < 1.29 is 9.53 Å². The molecule has 4 heteroatoms. The summed E-state index contributed by atoms with van der Waals surface area (Å²) in [4.78, 5) is 15.8. The fraction of sp³-hybridized carbons (Fsp3) is 0.600. The van der Waals surface area contributed by atoms with E-state index in [2.05, 4.69) is 17.2 Å². The lowest BCUT2D eigenvalue weighted by molar-refractivity contribution is 0.0600. The minimum atomic E-state index is -0.320. The molecule has 0 spiro atoms. The third-order valence-electron chi connectivity index (χ3n) is 3.88. The number of hydrogen-bond donors (Lipinski definition) is 1. The van der Waals surface area contributed by atoms with Gasteiger partial charge in [-0.05, 0) is 30.9 Å². The number of methoxy groups -OCH3 is 1. The Hall–Kier alpha value is -1.58. The molecule has 2 unspecified atom stereocenters. The van der Waals surface area contributed by atoms with Crippen LogP contribution in [0.4, 0.5) is 5.82 Å². The van der Waals surface area contributed by atoms with Gasteiger partial charge in [0.25, 0.3) is 0 Å². The van der Waals surface area contributed by atoms with Crippen molar-refractivity contribution in [3.63, 3.8) is 0 Å². The van der Waals surface area contributed by atoms with Gasteiger partial charge in [-0.25, -0.2) is 9.78 Å². The predicted octanol–water partition coefficient (Wildman–Crippen LogP) is 3.25. The SMILES string of the molecule is COC(=O)c1ccnc(NC2CCCCCC2C)c1. The van der Waals surface area contributed by atoms with Crippen LogP contribution in [0.5, 0.6) is 0 Å². The number of hydrogen-bond acceptors (Lipinski definition) is 4. The number of esters is 1. The monoisotopic (exact) mass is 262 g/mol. The topological polar surface area (TPSA) is 51.2 Å². The maximum atomic E-state index is 11.5. The van der Waals surface area contributed by atoms with Gasteiger partial charge in [0.1, 0.15) is 5.82 Å². The second-order valence-corrected chi connectivity index (χ2v) is 5.29. The lowest BCUT2D eigenvalue weighted by atomic mass is 9.97. The van der Waals surface area contributed by atoms with E-state index in [4.69, 9.17) is 4.74 Å². The molecule has 0 bridgehead atoms. The summed E-state index contributed by atoms with van der Waals surface area (Å²) in [5.74, 6) is 1.09. The highest BCUT2D eigenvalue weighted by Gasteiger charge is 2.20. The number of pyridine rings is 1. The molecule has 0 aromatic carbocycles. The van der Waals surface area contributed by atoms with Gasteiger partial charge >= 0.3 is 5.97 Å². The largest absolute Gasteiger partial charge is 0.465 e. The van der Waals surface area contributed by atoms with Crippen molar-refractivity contribution in [2.24, 2.45) is 5.92 Å². The number of anilines is 1. The van der Waals surface area contributed by atoms with Crippen LogP contribution in [0, 0.1) is 5.92 Å². The molecular formula is C15H22N2O2. The zero-order valence-corrected chi connectivity index (χ0v) is 11.7. The average molecular weight is 262 g/mol. The number of ether oxygens (including phenoxy) is 1. The molecular weight excluding hydrogens is 240 g/mol. The molecule has 0 saturated heterocycles. The Morgan fingerprint density at radius 3 is 2.95 bits per heavy atom. The van der Waals surface area contributed by atoms with E-state index < -0.39 is 0 Å². The molecule has 1 aliphatic rings. The van der Waals surface area contributed by atoms with Gasteiger partial charge in [-0.1, -0.05) is 26.2 Å². The zero-order valence-electron chi connectivity index (χ0n) is 11.7. The van der Waals surface area contributed by atoms with E-state index in [0.29, 0.717) is 17.5 Å². The van der Waals surface area contributed by atoms with Crippen molar-refractivity contribution in [2.45, 2.75) is 45.1 Å². The Bertz CT molecular complexity index is 434. The van der Waals surface area contributed by atoms with E-state index in [1.165, 1.54) is 39.2 Å². The van der Waals surface area contributed by atoms with Crippen LogP contribution < -0.4 is 5.32 Å². The van der Waals surface area contributed by atoms with Crippen LogP contribution in [-0.2, 0) is 4.74 Å². The van der Waals surface area contributed by atoms with Crippen LogP contribution in [0.15, 0.2) is 18.3 Å². The highest BCUT2D eigenvalue weighted by Crippen LogP contribution is 2.25. The molecule has 0 aliphatic heterocycles. The number of nitrogens with one attached hydrogen (secondary N) is 1. The molecule has 1 N–H and O–H groups in total. The second-order valence-electron chi connectivity index (χ2n) is 5.29. The van der Waals surface area contributed by atoms with Gasteiger partial charge in [-0.2, -0.15) is 0 Å². The number of carbonyl (C=O) groups is 1. The normalized spacial score (nSPS) is 23.5. The smallest absolute Gasteiger partial charge is 0.338 e. The van der Waals surface area contributed by atoms with Crippen molar-refractivity contribution >= 4 is 11.8 Å². The van der Waals surface area contributed by atoms with Gasteiger partial charge in [-0.15, -0.1) is 0 Å². The third-order valence-corrected chi connectivity index (χ3v) is 3.88. The first-order valence-corrected chi connectivity index (χ1v) is 7.01. The van der Waals surface area contributed by atoms with Gasteiger partial charge in [0.2, 0.25) is 0 Å². The molecule has 1 heterocycles. The average Bonchev–Trinajstić information content (AvgIpc) is 2.64. The van der Waals surface area contributed by atoms with E-state index in [1.54, 1.807) is 18.3 Å². The summed E-state index contributed by atoms with van der Waals surface area (Å²) in [6.45, 7) is 2.28. The first-order valence-electron chi connectivity index (χ1n) is 7.01. The summed E-state index contributed by atoms with van der Waals surface area (Å²) < 4.78 is 4.73.